The van der Waals surface area contributed by atoms with Gasteiger partial charge in [-0.1, -0.05) is 42.5 Å². The lowest BCUT2D eigenvalue weighted by Gasteiger charge is -2.32. The van der Waals surface area contributed by atoms with Crippen LogP contribution < -0.4 is 10.6 Å². The Balaban J connectivity index is 1.21. The van der Waals surface area contributed by atoms with Crippen molar-refractivity contribution in [1.82, 2.24) is 20.5 Å². The Bertz CT molecular complexity index is 1100. The van der Waals surface area contributed by atoms with Crippen molar-refractivity contribution in [2.75, 3.05) is 19.6 Å². The number of pyridine rings is 1. The Kier molecular flexibility index (Phi) is 6.75. The lowest BCUT2D eigenvalue weighted by Crippen LogP contribution is -2.48. The molecule has 4 rings (SSSR count). The molecule has 164 valence electrons. The van der Waals surface area contributed by atoms with Crippen molar-refractivity contribution in [3.8, 4) is 0 Å². The zero-order chi connectivity index (χ0) is 22.3. The molecule has 3 aromatic rings. The molecule has 0 unspecified atom stereocenters. The highest BCUT2D eigenvalue weighted by atomic mass is 16.2. The molecule has 7 heteroatoms. The van der Waals surface area contributed by atoms with Crippen molar-refractivity contribution in [3.63, 3.8) is 0 Å². The SMILES string of the molecule is O=C(Cc1cccc2ccccc12)NCC(=O)NC1CCN(C(=O)c2ccncc2)CC1. The molecule has 0 saturated carbocycles. The summed E-state index contributed by atoms with van der Waals surface area (Å²) in [6, 6.07) is 17.2. The molecule has 1 fully saturated rings. The molecule has 1 aromatic heterocycles. The Morgan fingerprint density at radius 2 is 1.62 bits per heavy atom. The summed E-state index contributed by atoms with van der Waals surface area (Å²) in [7, 11) is 0. The van der Waals surface area contributed by atoms with Crippen molar-refractivity contribution in [1.29, 1.82) is 0 Å². The maximum absolute atomic E-state index is 12.5. The van der Waals surface area contributed by atoms with E-state index in [0.29, 0.717) is 31.5 Å². The topological polar surface area (TPSA) is 91.4 Å². The molecule has 0 radical (unpaired) electrons. The standard InChI is InChI=1S/C25H26N4O3/c30-23(16-20-6-3-5-18-4-1-2-7-22(18)20)27-17-24(31)28-21-10-14-29(15-11-21)25(32)19-8-12-26-13-9-19/h1-9,12-13,21H,10-11,14-17H2,(H,27,30)(H,28,31). The van der Waals surface area contributed by atoms with Crippen molar-refractivity contribution >= 4 is 28.5 Å². The van der Waals surface area contributed by atoms with Gasteiger partial charge >= 0.3 is 0 Å². The summed E-state index contributed by atoms with van der Waals surface area (Å²) in [5, 5.41) is 7.81. The number of piperidine rings is 1. The third-order valence-electron chi connectivity index (χ3n) is 5.75. The normalized spacial score (nSPS) is 14.2. The van der Waals surface area contributed by atoms with E-state index in [2.05, 4.69) is 15.6 Å². The highest BCUT2D eigenvalue weighted by molar-refractivity contribution is 5.94. The van der Waals surface area contributed by atoms with Gasteiger partial charge in [-0.2, -0.15) is 0 Å². The molecule has 0 bridgehead atoms. The van der Waals surface area contributed by atoms with Crippen LogP contribution in [0.4, 0.5) is 0 Å². The number of likely N-dealkylation sites (tertiary alicyclic amines) is 1. The highest BCUT2D eigenvalue weighted by Gasteiger charge is 2.24. The number of aromatic nitrogens is 1. The largest absolute Gasteiger partial charge is 0.352 e. The molecule has 32 heavy (non-hydrogen) atoms. The van der Waals surface area contributed by atoms with Crippen LogP contribution in [0.1, 0.15) is 28.8 Å². The number of hydrogen-bond acceptors (Lipinski definition) is 4. The Labute approximate surface area is 186 Å². The van der Waals surface area contributed by atoms with Gasteiger partial charge in [0.05, 0.1) is 13.0 Å². The van der Waals surface area contributed by atoms with E-state index < -0.39 is 0 Å². The first-order valence-corrected chi connectivity index (χ1v) is 10.8. The predicted molar refractivity (Wildman–Crippen MR) is 122 cm³/mol. The van der Waals surface area contributed by atoms with Crippen LogP contribution in [0.2, 0.25) is 0 Å². The van der Waals surface area contributed by atoms with Crippen LogP contribution in [0.15, 0.2) is 67.0 Å². The first-order valence-electron chi connectivity index (χ1n) is 10.8. The number of carbonyl (C=O) groups is 3. The maximum atomic E-state index is 12.5. The molecule has 2 N–H and O–H groups in total. The maximum Gasteiger partial charge on any atom is 0.253 e. The van der Waals surface area contributed by atoms with Gasteiger partial charge in [0, 0.05) is 37.1 Å². The molecule has 1 saturated heterocycles. The molecule has 0 atom stereocenters. The lowest BCUT2D eigenvalue weighted by atomic mass is 10.0. The molecule has 3 amide bonds. The fourth-order valence-electron chi connectivity index (χ4n) is 4.04. The molecule has 0 spiro atoms. The minimum atomic E-state index is -0.213. The summed E-state index contributed by atoms with van der Waals surface area (Å²) in [5.41, 5.74) is 1.56. The summed E-state index contributed by atoms with van der Waals surface area (Å²) < 4.78 is 0. The molecule has 0 aliphatic carbocycles. The van der Waals surface area contributed by atoms with Crippen LogP contribution in [0.25, 0.3) is 10.8 Å². The summed E-state index contributed by atoms with van der Waals surface area (Å²) in [4.78, 5) is 42.9. The van der Waals surface area contributed by atoms with Crippen molar-refractivity contribution in [3.05, 3.63) is 78.1 Å². The Hall–Kier alpha value is -3.74. The molecule has 1 aliphatic rings. The predicted octanol–water partition coefficient (Wildman–Crippen LogP) is 2.31. The highest BCUT2D eigenvalue weighted by Crippen LogP contribution is 2.19. The number of nitrogens with zero attached hydrogens (tertiary/aromatic N) is 2. The minimum absolute atomic E-state index is 0.000964. The molecule has 1 aliphatic heterocycles. The van der Waals surface area contributed by atoms with Crippen LogP contribution in [0.3, 0.4) is 0 Å². The third-order valence-corrected chi connectivity index (χ3v) is 5.75. The van der Waals surface area contributed by atoms with Crippen LogP contribution in [-0.4, -0.2) is 53.3 Å². The van der Waals surface area contributed by atoms with E-state index in [0.717, 1.165) is 16.3 Å². The Morgan fingerprint density at radius 1 is 0.906 bits per heavy atom. The van der Waals surface area contributed by atoms with Gasteiger partial charge in [-0.05, 0) is 41.3 Å². The number of rotatable bonds is 6. The number of amides is 3. The summed E-state index contributed by atoms with van der Waals surface area (Å²) >= 11 is 0. The second kappa shape index (κ2) is 10.0. The van der Waals surface area contributed by atoms with Gasteiger partial charge in [0.25, 0.3) is 5.91 Å². The fraction of sp³-hybridized carbons (Fsp3) is 0.280. The summed E-state index contributed by atoms with van der Waals surface area (Å²) in [6.07, 6.45) is 4.81. The van der Waals surface area contributed by atoms with Gasteiger partial charge in [0.2, 0.25) is 11.8 Å². The zero-order valence-electron chi connectivity index (χ0n) is 17.8. The van der Waals surface area contributed by atoms with E-state index in [9.17, 15) is 14.4 Å². The van der Waals surface area contributed by atoms with Gasteiger partial charge in [-0.3, -0.25) is 19.4 Å². The van der Waals surface area contributed by atoms with Crippen molar-refractivity contribution in [2.45, 2.75) is 25.3 Å². The number of carbonyl (C=O) groups excluding carboxylic acids is 3. The summed E-state index contributed by atoms with van der Waals surface area (Å²) in [6.45, 7) is 1.11. The zero-order valence-corrected chi connectivity index (χ0v) is 17.8. The van der Waals surface area contributed by atoms with E-state index in [1.807, 2.05) is 42.5 Å². The van der Waals surface area contributed by atoms with Gasteiger partial charge in [-0.25, -0.2) is 0 Å². The monoisotopic (exact) mass is 430 g/mol. The molecular weight excluding hydrogens is 404 g/mol. The third kappa shape index (κ3) is 5.29. The molecule has 2 aromatic carbocycles. The van der Waals surface area contributed by atoms with Gasteiger partial charge in [0.1, 0.15) is 0 Å². The molecule has 2 heterocycles. The van der Waals surface area contributed by atoms with Crippen LogP contribution >= 0.6 is 0 Å². The van der Waals surface area contributed by atoms with Crippen LogP contribution in [-0.2, 0) is 16.0 Å². The lowest BCUT2D eigenvalue weighted by molar-refractivity contribution is -0.126. The Morgan fingerprint density at radius 3 is 2.41 bits per heavy atom. The number of nitrogens with one attached hydrogen (secondary N) is 2. The number of benzene rings is 2. The van der Waals surface area contributed by atoms with Crippen LogP contribution in [0.5, 0.6) is 0 Å². The van der Waals surface area contributed by atoms with Crippen molar-refractivity contribution < 1.29 is 14.4 Å². The van der Waals surface area contributed by atoms with E-state index in [4.69, 9.17) is 0 Å². The van der Waals surface area contributed by atoms with Gasteiger partial charge < -0.3 is 15.5 Å². The quantitative estimate of drug-likeness (QED) is 0.628. The number of fused-ring (bicyclic) bond motifs is 1. The first-order chi connectivity index (χ1) is 15.6. The minimum Gasteiger partial charge on any atom is -0.352 e. The second-order valence-electron chi connectivity index (χ2n) is 7.96. The number of hydrogen-bond donors (Lipinski definition) is 2. The van der Waals surface area contributed by atoms with E-state index in [1.165, 1.54) is 0 Å². The van der Waals surface area contributed by atoms with E-state index in [1.54, 1.807) is 29.4 Å². The van der Waals surface area contributed by atoms with E-state index in [-0.39, 0.29) is 36.7 Å². The smallest absolute Gasteiger partial charge is 0.253 e. The first kappa shape index (κ1) is 21.5. The molecular formula is C25H26N4O3. The molecule has 7 nitrogen and oxygen atoms in total. The van der Waals surface area contributed by atoms with Gasteiger partial charge in [-0.15, -0.1) is 0 Å². The average Bonchev–Trinajstić information content (AvgIpc) is 2.84. The average molecular weight is 431 g/mol. The van der Waals surface area contributed by atoms with Gasteiger partial charge in [0.15, 0.2) is 0 Å². The van der Waals surface area contributed by atoms with Crippen LogP contribution in [0, 0.1) is 0 Å². The summed E-state index contributed by atoms with van der Waals surface area (Å²) in [5.74, 6) is -0.415. The second-order valence-corrected chi connectivity index (χ2v) is 7.96. The van der Waals surface area contributed by atoms with Crippen molar-refractivity contribution in [2.24, 2.45) is 0 Å². The van der Waals surface area contributed by atoms with E-state index >= 15 is 0 Å². The fourth-order valence-corrected chi connectivity index (χ4v) is 4.04.